The summed E-state index contributed by atoms with van der Waals surface area (Å²) in [5, 5.41) is 3.35. The molecule has 39 heavy (non-hydrogen) atoms. The van der Waals surface area contributed by atoms with Crippen LogP contribution in [0.3, 0.4) is 0 Å². The van der Waals surface area contributed by atoms with E-state index >= 15 is 0 Å². The molecule has 2 aromatic heterocycles. The summed E-state index contributed by atoms with van der Waals surface area (Å²) < 4.78 is 0. The maximum absolute atomic E-state index is 13.2. The highest BCUT2D eigenvalue weighted by Crippen LogP contribution is 2.24. The van der Waals surface area contributed by atoms with Crippen molar-refractivity contribution in [1.82, 2.24) is 24.7 Å². The molecule has 2 saturated heterocycles. The number of hydrogen-bond acceptors (Lipinski definition) is 7. The Labute approximate surface area is 228 Å². The van der Waals surface area contributed by atoms with Crippen LogP contribution in [-0.2, 0) is 0 Å². The van der Waals surface area contributed by atoms with Crippen LogP contribution in [0.4, 0.5) is 11.5 Å². The molecule has 4 heterocycles. The summed E-state index contributed by atoms with van der Waals surface area (Å²) in [5.74, 6) is 0.709. The molecule has 10 nitrogen and oxygen atoms in total. The summed E-state index contributed by atoms with van der Waals surface area (Å²) in [6.45, 7) is 7.33. The number of pyridine rings is 2. The van der Waals surface area contributed by atoms with Crippen molar-refractivity contribution in [2.24, 2.45) is 0 Å². The predicted octanol–water partition coefficient (Wildman–Crippen LogP) is 2.47. The first-order valence-electron chi connectivity index (χ1n) is 13.4. The number of rotatable bonds is 6. The molecule has 0 radical (unpaired) electrons. The second-order valence-corrected chi connectivity index (χ2v) is 9.59. The minimum absolute atomic E-state index is 0.0379. The Morgan fingerprint density at radius 2 is 1.21 bits per heavy atom. The van der Waals surface area contributed by atoms with Gasteiger partial charge in [0.1, 0.15) is 0 Å². The Balaban J connectivity index is 1.14. The highest BCUT2D eigenvalue weighted by atomic mass is 16.2. The molecule has 10 heteroatoms. The predicted molar refractivity (Wildman–Crippen MR) is 149 cm³/mol. The van der Waals surface area contributed by atoms with Crippen LogP contribution in [0.1, 0.15) is 38.0 Å². The molecule has 3 amide bonds. The van der Waals surface area contributed by atoms with Crippen LogP contribution in [0.5, 0.6) is 0 Å². The topological polar surface area (TPSA) is 102 Å². The standard InChI is InChI=1S/C29H33N7O3/c1-2-31-25-6-4-12-32-26(25)33-13-15-34(16-14-33)27(37)22-7-9-23(10-8-22)28(38)35-17-19-36(20-18-35)29(39)24-5-3-11-30-21-24/h3-12,21,31H,2,13-20H2,1H3. The van der Waals surface area contributed by atoms with E-state index in [4.69, 9.17) is 0 Å². The van der Waals surface area contributed by atoms with Gasteiger partial charge >= 0.3 is 0 Å². The number of nitrogens with zero attached hydrogens (tertiary/aromatic N) is 6. The van der Waals surface area contributed by atoms with E-state index in [9.17, 15) is 14.4 Å². The quantitative estimate of drug-likeness (QED) is 0.526. The number of hydrogen-bond donors (Lipinski definition) is 1. The van der Waals surface area contributed by atoms with Crippen LogP contribution >= 0.6 is 0 Å². The number of piperazine rings is 2. The van der Waals surface area contributed by atoms with E-state index in [1.165, 1.54) is 0 Å². The first-order chi connectivity index (χ1) is 19.0. The first-order valence-corrected chi connectivity index (χ1v) is 13.4. The van der Waals surface area contributed by atoms with E-state index in [0.717, 1.165) is 18.1 Å². The lowest BCUT2D eigenvalue weighted by molar-refractivity contribution is 0.0535. The molecule has 0 bridgehead atoms. The fourth-order valence-corrected chi connectivity index (χ4v) is 5.00. The first kappa shape index (κ1) is 26.1. The van der Waals surface area contributed by atoms with Gasteiger partial charge < -0.3 is 24.9 Å². The van der Waals surface area contributed by atoms with Gasteiger partial charge in [0.05, 0.1) is 11.3 Å². The van der Waals surface area contributed by atoms with Crippen LogP contribution < -0.4 is 10.2 Å². The molecule has 0 atom stereocenters. The second-order valence-electron chi connectivity index (χ2n) is 9.59. The Morgan fingerprint density at radius 3 is 1.72 bits per heavy atom. The highest BCUT2D eigenvalue weighted by Gasteiger charge is 2.27. The molecule has 0 saturated carbocycles. The number of amides is 3. The van der Waals surface area contributed by atoms with Crippen molar-refractivity contribution in [2.45, 2.75) is 6.92 Å². The Kier molecular flexibility index (Phi) is 8.00. The molecular formula is C29H33N7O3. The van der Waals surface area contributed by atoms with Crippen LogP contribution in [-0.4, -0.2) is 101 Å². The Morgan fingerprint density at radius 1 is 0.692 bits per heavy atom. The summed E-state index contributed by atoms with van der Waals surface area (Å²) in [7, 11) is 0. The number of benzene rings is 1. The molecule has 5 rings (SSSR count). The highest BCUT2D eigenvalue weighted by molar-refractivity contribution is 5.98. The van der Waals surface area contributed by atoms with Gasteiger partial charge in [-0.3, -0.25) is 19.4 Å². The van der Waals surface area contributed by atoms with Gasteiger partial charge in [0, 0.05) is 88.6 Å². The van der Waals surface area contributed by atoms with E-state index < -0.39 is 0 Å². The lowest BCUT2D eigenvalue weighted by atomic mass is 10.1. The third-order valence-electron chi connectivity index (χ3n) is 7.16. The molecule has 2 aliphatic rings. The van der Waals surface area contributed by atoms with Crippen molar-refractivity contribution in [2.75, 3.05) is 69.1 Å². The monoisotopic (exact) mass is 527 g/mol. The molecule has 2 aliphatic heterocycles. The van der Waals surface area contributed by atoms with Crippen LogP contribution in [0, 0.1) is 0 Å². The zero-order valence-electron chi connectivity index (χ0n) is 22.1. The molecular weight excluding hydrogens is 494 g/mol. The van der Waals surface area contributed by atoms with Crippen molar-refractivity contribution in [3.63, 3.8) is 0 Å². The van der Waals surface area contributed by atoms with Gasteiger partial charge in [-0.25, -0.2) is 4.98 Å². The van der Waals surface area contributed by atoms with Crippen LogP contribution in [0.2, 0.25) is 0 Å². The number of nitrogens with one attached hydrogen (secondary N) is 1. The minimum Gasteiger partial charge on any atom is -0.382 e. The van der Waals surface area contributed by atoms with Gasteiger partial charge in [-0.2, -0.15) is 0 Å². The zero-order valence-corrected chi connectivity index (χ0v) is 22.1. The largest absolute Gasteiger partial charge is 0.382 e. The molecule has 2 fully saturated rings. The third kappa shape index (κ3) is 5.84. The van der Waals surface area contributed by atoms with Gasteiger partial charge in [-0.15, -0.1) is 0 Å². The van der Waals surface area contributed by atoms with Gasteiger partial charge in [-0.05, 0) is 55.5 Å². The molecule has 1 aromatic carbocycles. The van der Waals surface area contributed by atoms with E-state index in [1.807, 2.05) is 17.0 Å². The average Bonchev–Trinajstić information content (AvgIpc) is 3.01. The van der Waals surface area contributed by atoms with Crippen molar-refractivity contribution in [3.05, 3.63) is 83.8 Å². The van der Waals surface area contributed by atoms with E-state index in [2.05, 4.69) is 27.1 Å². The number of aromatic nitrogens is 2. The fraction of sp³-hybridized carbons (Fsp3) is 0.345. The average molecular weight is 528 g/mol. The number of carbonyl (C=O) groups is 3. The van der Waals surface area contributed by atoms with Gasteiger partial charge in [0.15, 0.2) is 5.82 Å². The van der Waals surface area contributed by atoms with E-state index in [1.54, 1.807) is 64.8 Å². The van der Waals surface area contributed by atoms with E-state index in [0.29, 0.717) is 69.0 Å². The Bertz CT molecular complexity index is 1300. The summed E-state index contributed by atoms with van der Waals surface area (Å²) in [4.78, 5) is 55.0. The van der Waals surface area contributed by atoms with Crippen LogP contribution in [0.25, 0.3) is 0 Å². The lowest BCUT2D eigenvalue weighted by Crippen LogP contribution is -2.50. The molecule has 0 aliphatic carbocycles. The smallest absolute Gasteiger partial charge is 0.255 e. The number of anilines is 2. The van der Waals surface area contributed by atoms with Crippen molar-refractivity contribution in [3.8, 4) is 0 Å². The third-order valence-corrected chi connectivity index (χ3v) is 7.16. The molecule has 3 aromatic rings. The fourth-order valence-electron chi connectivity index (χ4n) is 5.00. The van der Waals surface area contributed by atoms with Gasteiger partial charge in [0.25, 0.3) is 17.7 Å². The van der Waals surface area contributed by atoms with Crippen molar-refractivity contribution in [1.29, 1.82) is 0 Å². The summed E-state index contributed by atoms with van der Waals surface area (Å²) >= 11 is 0. The zero-order chi connectivity index (χ0) is 27.2. The second kappa shape index (κ2) is 11.9. The SMILES string of the molecule is CCNc1cccnc1N1CCN(C(=O)c2ccc(C(=O)N3CCN(C(=O)c4cccnc4)CC3)cc2)CC1. The van der Waals surface area contributed by atoms with Gasteiger partial charge in [-0.1, -0.05) is 0 Å². The normalized spacial score (nSPS) is 15.7. The maximum Gasteiger partial charge on any atom is 0.255 e. The molecule has 0 spiro atoms. The molecule has 202 valence electrons. The Hall–Kier alpha value is -4.47. The number of carbonyl (C=O) groups excluding carboxylic acids is 3. The maximum atomic E-state index is 13.2. The van der Waals surface area contributed by atoms with Crippen LogP contribution in [0.15, 0.2) is 67.1 Å². The lowest BCUT2D eigenvalue weighted by Gasteiger charge is -2.36. The summed E-state index contributed by atoms with van der Waals surface area (Å²) in [5.41, 5.74) is 2.66. The van der Waals surface area contributed by atoms with Gasteiger partial charge in [0.2, 0.25) is 0 Å². The summed E-state index contributed by atoms with van der Waals surface area (Å²) in [6.07, 6.45) is 4.99. The molecule has 1 N–H and O–H groups in total. The van der Waals surface area contributed by atoms with Crippen molar-refractivity contribution >= 4 is 29.2 Å². The summed E-state index contributed by atoms with van der Waals surface area (Å²) in [6, 6.07) is 14.3. The van der Waals surface area contributed by atoms with E-state index in [-0.39, 0.29) is 17.7 Å². The minimum atomic E-state index is -0.0945. The molecule has 0 unspecified atom stereocenters. The van der Waals surface area contributed by atoms with Crippen molar-refractivity contribution < 1.29 is 14.4 Å².